The Morgan fingerprint density at radius 2 is 1.57 bits per heavy atom. The molecule has 4 amide bonds. The van der Waals surface area contributed by atoms with Gasteiger partial charge in [-0.2, -0.15) is 0 Å². The maximum Gasteiger partial charge on any atom is 1.00 e. The number of phenolic OH excluding ortho intramolecular Hbond substituents is 3. The Bertz CT molecular complexity index is 4030. The number of nitrogens with two attached hydrogens (primary N) is 1. The number of aliphatic hydroxyl groups excluding tert-OH is 3. The first-order valence-corrected chi connectivity index (χ1v) is 34.0. The van der Waals surface area contributed by atoms with Gasteiger partial charge in [0.25, 0.3) is 11.7 Å². The number of ether oxygens (including phenoxy) is 5. The molecular formula is C70H89KN8O21S. The molecule has 8 heterocycles. The summed E-state index contributed by atoms with van der Waals surface area (Å²) in [7, 11) is 1.47. The number of amides is 4. The van der Waals surface area contributed by atoms with Crippen LogP contribution in [0.4, 0.5) is 5.69 Å². The number of benzene rings is 3. The van der Waals surface area contributed by atoms with Crippen LogP contribution in [0.15, 0.2) is 82.2 Å². The Hall–Kier alpha value is -7.01. The molecule has 8 aliphatic heterocycles. The van der Waals surface area contributed by atoms with Gasteiger partial charge >= 0.3 is 69.1 Å². The third kappa shape index (κ3) is 15.8. The molecule has 0 unspecified atom stereocenters. The van der Waals surface area contributed by atoms with E-state index in [0.717, 1.165) is 24.5 Å². The Kier molecular flexibility index (Phi) is 24.9. The molecule has 29 nitrogen and oxygen atoms in total. The first-order chi connectivity index (χ1) is 46.9. The van der Waals surface area contributed by atoms with Crippen LogP contribution >= 0.6 is 11.8 Å². The van der Waals surface area contributed by atoms with Gasteiger partial charge in [0.1, 0.15) is 75.0 Å². The summed E-state index contributed by atoms with van der Waals surface area (Å²) in [6.45, 7) is 22.8. The van der Waals surface area contributed by atoms with E-state index in [9.17, 15) is 74.1 Å². The average molecular weight is 1450 g/mol. The third-order valence-corrected chi connectivity index (χ3v) is 21.3. The van der Waals surface area contributed by atoms with Crippen molar-refractivity contribution >= 4 is 75.5 Å². The number of nitrogens with zero attached hydrogens (tertiary/aromatic N) is 5. The number of Topliss-reactive ketones (excluding diaryl/α,β-unsaturated/α-hetero) is 1. The molecule has 4 bridgehead atoms. The summed E-state index contributed by atoms with van der Waals surface area (Å²) in [6.07, 6.45) is 5.99. The summed E-state index contributed by atoms with van der Waals surface area (Å²) >= 11 is 1.35. The minimum Gasteiger partial charge on any atom is -0.547 e. The number of esters is 1. The van der Waals surface area contributed by atoms with E-state index in [1.165, 1.54) is 74.2 Å². The zero-order valence-corrected chi connectivity index (χ0v) is 62.9. The number of methoxy groups -OCH3 is 1. The fraction of sp³-hybridized carbons (Fsp3) is 0.543. The van der Waals surface area contributed by atoms with Crippen LogP contribution in [-0.4, -0.2) is 201 Å². The van der Waals surface area contributed by atoms with Crippen LogP contribution in [0.5, 0.6) is 23.0 Å². The molecule has 3 aromatic carbocycles. The second-order valence-corrected chi connectivity index (χ2v) is 29.5. The van der Waals surface area contributed by atoms with Gasteiger partial charge in [0, 0.05) is 98.4 Å². The van der Waals surface area contributed by atoms with E-state index in [1.54, 1.807) is 79.7 Å². The van der Waals surface area contributed by atoms with Crippen molar-refractivity contribution in [3.05, 3.63) is 99.6 Å². The number of carboxylic acid groups (broad SMARTS) is 2. The number of rotatable bonds is 10. The summed E-state index contributed by atoms with van der Waals surface area (Å²) in [4.78, 5) is 113. The predicted octanol–water partition coefficient (Wildman–Crippen LogP) is -0.653. The van der Waals surface area contributed by atoms with Gasteiger partial charge < -0.3 is 95.5 Å². The molecule has 5 fully saturated rings. The first-order valence-electron chi connectivity index (χ1n) is 33.1. The van der Waals surface area contributed by atoms with E-state index < -0.39 is 147 Å². The fourth-order valence-corrected chi connectivity index (χ4v) is 15.7. The van der Waals surface area contributed by atoms with Crippen molar-refractivity contribution in [1.82, 2.24) is 20.0 Å². The van der Waals surface area contributed by atoms with Crippen molar-refractivity contribution in [2.24, 2.45) is 45.3 Å². The Labute approximate surface area is 630 Å². The number of fused-ring (bicyclic) bond motifs is 3. The number of ketones is 1. The zero-order valence-electron chi connectivity index (χ0n) is 59.0. The molecule has 542 valence electrons. The number of carboxylic acids is 2. The second kappa shape index (κ2) is 31.5. The number of piperidine rings is 1. The molecule has 15 atom stereocenters. The molecule has 0 saturated carbocycles. The number of phenols is 3. The SMILES string of the molecule is CC1(C)S[C@@H]2[C@H](NC(=O)[C@H](N)c3ccc(O)cc3)C(=O)N2[C@H]1C(=O)O.CO[C@H]1/C=C/O[C@@]2(C)Oc3c(C)c(O)c4c(O)c(c5c(c4c3C2=O)NC2(CCN(CC(C)C)CC2)N=5)=NC(=O)/C(C)=C\C=C\[C@H](C)[C@H](O)[C@@H](C)[C@@H](O)[C@@H](C)[C@H](OC(C)=O)[C@@H]1C.O=C([O-])[C@H]1/C(=C/CO)O[C@@H]2CC(=O)N21.[K+]. The van der Waals surface area contributed by atoms with Gasteiger partial charge in [0.05, 0.1) is 60.2 Å². The predicted molar refractivity (Wildman–Crippen MR) is 359 cm³/mol. The van der Waals surface area contributed by atoms with E-state index >= 15 is 0 Å². The summed E-state index contributed by atoms with van der Waals surface area (Å²) in [5.74, 6) is -10.1. The van der Waals surface area contributed by atoms with Crippen LogP contribution in [0.3, 0.4) is 0 Å². The molecular weight excluding hydrogens is 1360 g/mol. The molecule has 8 aliphatic rings. The van der Waals surface area contributed by atoms with Gasteiger partial charge in [0.15, 0.2) is 12.0 Å². The largest absolute Gasteiger partial charge is 1.00 e. The number of thioether (sulfide) groups is 1. The third-order valence-electron chi connectivity index (χ3n) is 19.7. The van der Waals surface area contributed by atoms with E-state index in [4.69, 9.17) is 39.5 Å². The molecule has 101 heavy (non-hydrogen) atoms. The average Bonchev–Trinajstić information content (AvgIpc) is 1.58. The van der Waals surface area contributed by atoms with E-state index in [-0.39, 0.29) is 132 Å². The van der Waals surface area contributed by atoms with Crippen molar-refractivity contribution in [1.29, 1.82) is 0 Å². The molecule has 1 spiro atoms. The molecule has 3 aromatic rings. The van der Waals surface area contributed by atoms with Crippen molar-refractivity contribution < 1.29 is 154 Å². The van der Waals surface area contributed by atoms with Crippen LogP contribution < -0.4 is 88.3 Å². The van der Waals surface area contributed by atoms with Gasteiger partial charge in [-0.3, -0.25) is 38.7 Å². The summed E-state index contributed by atoms with van der Waals surface area (Å²) in [5.41, 5.74) is 6.30. The second-order valence-electron chi connectivity index (χ2n) is 27.7. The first kappa shape index (κ1) is 79.7. The van der Waals surface area contributed by atoms with Crippen molar-refractivity contribution in [2.75, 3.05) is 38.7 Å². The molecule has 0 aromatic heterocycles. The van der Waals surface area contributed by atoms with E-state index in [1.807, 2.05) is 0 Å². The van der Waals surface area contributed by atoms with Gasteiger partial charge in [-0.05, 0) is 63.5 Å². The number of aliphatic hydroxyl groups is 3. The standard InChI is InChI=1S/C46H62N4O11.C16H19N3O5S.C8H9NO5.K/c1-22(2)21-50-18-16-46(17-19-50)48-34-31-32-39(54)28(8)42-33(31)43(56)45(10,61-42)59-20-15-30(58-11)25(5)41(60-29(9)51)27(7)38(53)26(6)37(52)23(3)13-12-14-24(4)44(57)47-36(40(32)55)35(34)49-46;1-16(2)11(15(23)24)19-13(22)10(14(19)25-16)18-12(21)9(17)7-3-5-8(20)6-4-7;10-2-1-4-7(8(12)13)9-5(11)3-6(9)14-4;/h12-15,20,22-23,25-27,30,37-38,41,48,52-55H,16-19,21H2,1-11H3;3-6,9-11,14,20H,17H2,1-2H3,(H,18,21)(H,23,24);1,6-7,10H,2-3H2,(H,12,13);/q;;;+1/p-1/b13-12+,20-15+,24-14-,47-36?;;4-1-;/t23-,25+,26+,27+,30-,37-,38+,41+,45-;9-,10-,11+,14-;6-,7-;/m011./s1. The maximum atomic E-state index is 14.7. The number of likely N-dealkylation sites (tertiary alicyclic amines) is 1. The number of hydrogen-bond donors (Lipinski definition) is 10. The summed E-state index contributed by atoms with van der Waals surface area (Å²) < 4.78 is 28.5. The molecule has 0 radical (unpaired) electrons. The van der Waals surface area contributed by atoms with Crippen molar-refractivity contribution in [3.8, 4) is 23.0 Å². The Morgan fingerprint density at radius 3 is 2.16 bits per heavy atom. The van der Waals surface area contributed by atoms with Crippen molar-refractivity contribution in [3.63, 3.8) is 0 Å². The number of carbonyl (C=O) groups excluding carboxylic acids is 7. The van der Waals surface area contributed by atoms with Gasteiger partial charge in [-0.25, -0.2) is 9.79 Å². The number of β-lactam (4-membered cyclic amide) rings is 2. The number of anilines is 1. The number of nitrogens with one attached hydrogen (secondary N) is 2. The van der Waals surface area contributed by atoms with E-state index in [2.05, 4.69) is 34.4 Å². The molecule has 0 aliphatic carbocycles. The van der Waals surface area contributed by atoms with Gasteiger partial charge in [0.2, 0.25) is 17.7 Å². The van der Waals surface area contributed by atoms with Crippen LogP contribution in [0, 0.1) is 36.5 Å². The van der Waals surface area contributed by atoms with Crippen LogP contribution in [0.2, 0.25) is 0 Å². The smallest absolute Gasteiger partial charge is 0.547 e. The number of allylic oxidation sites excluding steroid dienone is 2. The van der Waals surface area contributed by atoms with Crippen LogP contribution in [0.1, 0.15) is 123 Å². The topological polar surface area (TPSA) is 432 Å². The quantitative estimate of drug-likeness (QED) is 0.0522. The monoisotopic (exact) mass is 1450 g/mol. The molecule has 31 heteroatoms. The van der Waals surface area contributed by atoms with Gasteiger partial charge in [-0.1, -0.05) is 71.9 Å². The minimum atomic E-state index is -1.95. The maximum absolute atomic E-state index is 14.7. The zero-order chi connectivity index (χ0) is 73.7. The number of aromatic hydroxyl groups is 3. The number of aliphatic carboxylic acids is 2. The Morgan fingerprint density at radius 1 is 0.921 bits per heavy atom. The summed E-state index contributed by atoms with van der Waals surface area (Å²) in [5, 5.41) is 90.7. The molecule has 11 rings (SSSR count). The van der Waals surface area contributed by atoms with Gasteiger partial charge in [-0.15, -0.1) is 11.8 Å². The van der Waals surface area contributed by atoms with Crippen LogP contribution in [0.25, 0.3) is 10.8 Å². The molecule has 11 N–H and O–H groups in total. The number of hydrogen-bond acceptors (Lipinski definition) is 25. The normalized spacial score (nSPS) is 31.2. The minimum absolute atomic E-state index is 0. The molecule has 5 saturated heterocycles. The fourth-order valence-electron chi connectivity index (χ4n) is 14.1. The summed E-state index contributed by atoms with van der Waals surface area (Å²) in [6, 6.07) is 2.03. The van der Waals surface area contributed by atoms with Crippen molar-refractivity contribution in [2.45, 2.75) is 179 Å². The Balaban J connectivity index is 0.000000261. The van der Waals surface area contributed by atoms with Crippen LogP contribution in [-0.2, 0) is 52.5 Å². The number of carbonyl (C=O) groups is 8. The van der Waals surface area contributed by atoms with E-state index in [0.29, 0.717) is 30.0 Å².